The molecule has 4 rings (SSSR count). The number of nitrogens with zero attached hydrogens (tertiary/aromatic N) is 4. The first-order valence-corrected chi connectivity index (χ1v) is 9.96. The molecule has 3 aromatic heterocycles. The highest BCUT2D eigenvalue weighted by Gasteiger charge is 2.20. The Morgan fingerprint density at radius 1 is 1.23 bits per heavy atom. The fourth-order valence-corrected chi connectivity index (χ4v) is 3.95. The number of rotatable bonds is 6. The summed E-state index contributed by atoms with van der Waals surface area (Å²) in [5, 5.41) is 3.91. The molecule has 0 aliphatic heterocycles. The Bertz CT molecular complexity index is 1380. The highest BCUT2D eigenvalue weighted by Crippen LogP contribution is 2.27. The molecule has 0 radical (unpaired) electrons. The second-order valence-corrected chi connectivity index (χ2v) is 7.60. The zero-order valence-corrected chi connectivity index (χ0v) is 18.0. The number of anilines is 1. The Kier molecular flexibility index (Phi) is 5.07. The lowest BCUT2D eigenvalue weighted by molar-refractivity contribution is 0.415. The largest absolute Gasteiger partial charge is 0.495 e. The predicted octanol–water partition coefficient (Wildman–Crippen LogP) is 2.46. The molecule has 0 fully saturated rings. The van der Waals surface area contributed by atoms with E-state index in [2.05, 4.69) is 19.9 Å². The zero-order valence-electron chi connectivity index (χ0n) is 17.2. The number of hydrogen-bond acceptors (Lipinski definition) is 5. The maximum atomic E-state index is 12.4. The van der Waals surface area contributed by atoms with Gasteiger partial charge in [0, 0.05) is 37.2 Å². The van der Waals surface area contributed by atoms with Crippen LogP contribution in [-0.4, -0.2) is 37.2 Å². The number of ether oxygens (including phenoxy) is 1. The molecule has 3 heterocycles. The molecular weight excluding hydrogens is 408 g/mol. The lowest BCUT2D eigenvalue weighted by atomic mass is 10.3. The van der Waals surface area contributed by atoms with Crippen molar-refractivity contribution >= 4 is 34.2 Å². The standard InChI is InChI=1S/C20H23ClN6O3/c1-11-12(2)27-16-17(25(3)20(29)24-18(16)28)23-19(27)26(11)9-5-8-22-13-6-7-15(30-4)14(21)10-13/h6-7,10,22H,5,8-9H2,1-4H3,(H,24,28,29). The Labute approximate surface area is 176 Å². The van der Waals surface area contributed by atoms with Crippen molar-refractivity contribution in [3.8, 4) is 5.75 Å². The van der Waals surface area contributed by atoms with Crippen molar-refractivity contribution in [2.75, 3.05) is 19.0 Å². The number of H-pyrrole nitrogens is 1. The molecule has 9 nitrogen and oxygen atoms in total. The van der Waals surface area contributed by atoms with E-state index in [0.717, 1.165) is 30.0 Å². The average Bonchev–Trinajstić information content (AvgIpc) is 3.21. The SMILES string of the molecule is COc1ccc(NCCCn2c(C)c(C)n3c4c(=O)[nH]c(=O)n(C)c4nc23)cc1Cl. The molecule has 0 amide bonds. The van der Waals surface area contributed by atoms with Crippen LogP contribution in [0, 0.1) is 13.8 Å². The van der Waals surface area contributed by atoms with Gasteiger partial charge in [0.2, 0.25) is 5.78 Å². The third-order valence-corrected chi connectivity index (χ3v) is 5.74. The molecular formula is C20H23ClN6O3. The molecule has 0 aliphatic carbocycles. The van der Waals surface area contributed by atoms with Crippen LogP contribution in [0.1, 0.15) is 17.8 Å². The fraction of sp³-hybridized carbons (Fsp3) is 0.350. The number of aryl methyl sites for hydroxylation is 3. The quantitative estimate of drug-likeness (QED) is 0.458. The van der Waals surface area contributed by atoms with E-state index in [4.69, 9.17) is 16.3 Å². The van der Waals surface area contributed by atoms with Gasteiger partial charge in [-0.2, -0.15) is 4.98 Å². The van der Waals surface area contributed by atoms with E-state index in [-0.39, 0.29) is 0 Å². The Morgan fingerprint density at radius 2 is 2.00 bits per heavy atom. The van der Waals surface area contributed by atoms with Crippen molar-refractivity contribution in [1.29, 1.82) is 0 Å². The minimum absolute atomic E-state index is 0.376. The topological polar surface area (TPSA) is 98.4 Å². The minimum Gasteiger partial charge on any atom is -0.495 e. The summed E-state index contributed by atoms with van der Waals surface area (Å²) in [6, 6.07) is 5.57. The smallest absolute Gasteiger partial charge is 0.329 e. The summed E-state index contributed by atoms with van der Waals surface area (Å²) in [6.45, 7) is 5.38. The molecule has 4 aromatic rings. The van der Waals surface area contributed by atoms with Gasteiger partial charge in [0.1, 0.15) is 5.75 Å². The van der Waals surface area contributed by atoms with E-state index in [9.17, 15) is 9.59 Å². The monoisotopic (exact) mass is 430 g/mol. The third-order valence-electron chi connectivity index (χ3n) is 5.44. The van der Waals surface area contributed by atoms with Crippen LogP contribution in [0.4, 0.5) is 5.69 Å². The predicted molar refractivity (Wildman–Crippen MR) is 117 cm³/mol. The van der Waals surface area contributed by atoms with Crippen molar-refractivity contribution in [2.24, 2.45) is 7.05 Å². The molecule has 1 aromatic carbocycles. The highest BCUT2D eigenvalue weighted by atomic mass is 35.5. The molecule has 0 bridgehead atoms. The lowest BCUT2D eigenvalue weighted by Gasteiger charge is -2.10. The van der Waals surface area contributed by atoms with Crippen LogP contribution in [0.25, 0.3) is 16.9 Å². The Morgan fingerprint density at radius 3 is 2.70 bits per heavy atom. The van der Waals surface area contributed by atoms with Crippen LogP contribution in [-0.2, 0) is 13.6 Å². The van der Waals surface area contributed by atoms with Crippen molar-refractivity contribution in [3.63, 3.8) is 0 Å². The summed E-state index contributed by atoms with van der Waals surface area (Å²) >= 11 is 6.17. The highest BCUT2D eigenvalue weighted by molar-refractivity contribution is 6.32. The number of methoxy groups -OCH3 is 1. The van der Waals surface area contributed by atoms with Crippen LogP contribution in [0.2, 0.25) is 5.02 Å². The van der Waals surface area contributed by atoms with Crippen molar-refractivity contribution in [2.45, 2.75) is 26.8 Å². The summed E-state index contributed by atoms with van der Waals surface area (Å²) in [5.41, 5.74) is 2.72. The molecule has 10 heteroatoms. The van der Waals surface area contributed by atoms with Crippen molar-refractivity contribution < 1.29 is 4.74 Å². The number of fused-ring (bicyclic) bond motifs is 3. The Balaban J connectivity index is 1.59. The van der Waals surface area contributed by atoms with Gasteiger partial charge in [-0.3, -0.25) is 18.7 Å². The summed E-state index contributed by atoms with van der Waals surface area (Å²) < 4.78 is 10.4. The van der Waals surface area contributed by atoms with Crippen LogP contribution < -0.4 is 21.3 Å². The van der Waals surface area contributed by atoms with Gasteiger partial charge in [0.15, 0.2) is 11.2 Å². The molecule has 0 aliphatic rings. The summed E-state index contributed by atoms with van der Waals surface area (Å²) in [5.74, 6) is 1.29. The van der Waals surface area contributed by atoms with Crippen LogP contribution >= 0.6 is 11.6 Å². The lowest BCUT2D eigenvalue weighted by Crippen LogP contribution is -2.28. The first kappa shape index (κ1) is 20.1. The van der Waals surface area contributed by atoms with Gasteiger partial charge in [-0.05, 0) is 38.5 Å². The van der Waals surface area contributed by atoms with Gasteiger partial charge in [0.05, 0.1) is 12.1 Å². The molecule has 158 valence electrons. The number of benzene rings is 1. The minimum atomic E-state index is -0.475. The first-order valence-electron chi connectivity index (χ1n) is 9.58. The second-order valence-electron chi connectivity index (χ2n) is 7.19. The number of aromatic amines is 1. The van der Waals surface area contributed by atoms with E-state index in [1.54, 1.807) is 14.2 Å². The summed E-state index contributed by atoms with van der Waals surface area (Å²) in [4.78, 5) is 31.3. The summed E-state index contributed by atoms with van der Waals surface area (Å²) in [6.07, 6.45) is 0.826. The molecule has 0 saturated carbocycles. The number of nitrogens with one attached hydrogen (secondary N) is 2. The van der Waals surface area contributed by atoms with Gasteiger partial charge in [-0.1, -0.05) is 11.6 Å². The molecule has 30 heavy (non-hydrogen) atoms. The van der Waals surface area contributed by atoms with Crippen molar-refractivity contribution in [1.82, 2.24) is 23.5 Å². The number of halogens is 1. The van der Waals surface area contributed by atoms with Crippen LogP contribution in [0.15, 0.2) is 27.8 Å². The fourth-order valence-electron chi connectivity index (χ4n) is 3.69. The van der Waals surface area contributed by atoms with E-state index in [1.165, 1.54) is 4.57 Å². The van der Waals surface area contributed by atoms with E-state index in [0.29, 0.717) is 34.3 Å². The van der Waals surface area contributed by atoms with Gasteiger partial charge in [0.25, 0.3) is 5.56 Å². The zero-order chi connectivity index (χ0) is 21.6. The summed E-state index contributed by atoms with van der Waals surface area (Å²) in [7, 11) is 3.19. The van der Waals surface area contributed by atoms with Crippen molar-refractivity contribution in [3.05, 3.63) is 55.4 Å². The van der Waals surface area contributed by atoms with Gasteiger partial charge in [-0.25, -0.2) is 4.79 Å². The van der Waals surface area contributed by atoms with Gasteiger partial charge in [-0.15, -0.1) is 0 Å². The third kappa shape index (κ3) is 3.15. The maximum Gasteiger partial charge on any atom is 0.329 e. The normalized spacial score (nSPS) is 11.5. The number of hydrogen-bond donors (Lipinski definition) is 2. The molecule has 0 unspecified atom stereocenters. The maximum absolute atomic E-state index is 12.4. The molecule has 0 atom stereocenters. The Hall–Kier alpha value is -3.20. The molecule has 0 saturated heterocycles. The second kappa shape index (κ2) is 7.56. The molecule has 0 spiro atoms. The number of aromatic nitrogens is 5. The van der Waals surface area contributed by atoms with Crippen LogP contribution in [0.5, 0.6) is 5.75 Å². The first-order chi connectivity index (χ1) is 14.3. The molecule has 2 N–H and O–H groups in total. The average molecular weight is 431 g/mol. The van der Waals surface area contributed by atoms with Gasteiger partial charge < -0.3 is 14.6 Å². The van der Waals surface area contributed by atoms with E-state index in [1.807, 2.05) is 36.4 Å². The van der Waals surface area contributed by atoms with Crippen LogP contribution in [0.3, 0.4) is 0 Å². The number of imidazole rings is 2. The van der Waals surface area contributed by atoms with Gasteiger partial charge >= 0.3 is 5.69 Å². The van der Waals surface area contributed by atoms with E-state index >= 15 is 0 Å². The van der Waals surface area contributed by atoms with E-state index < -0.39 is 11.2 Å².